The van der Waals surface area contributed by atoms with Gasteiger partial charge in [-0.3, -0.25) is 9.69 Å². The summed E-state index contributed by atoms with van der Waals surface area (Å²) in [5.74, 6) is 2.42. The van der Waals surface area contributed by atoms with Crippen molar-refractivity contribution in [3.05, 3.63) is 15.8 Å². The Labute approximate surface area is 126 Å². The quantitative estimate of drug-likeness (QED) is 0.596. The van der Waals surface area contributed by atoms with Crippen LogP contribution in [0.2, 0.25) is 0 Å². The first-order valence-electron chi connectivity index (χ1n) is 5.51. The first-order valence-corrected chi connectivity index (χ1v) is 7.47. The van der Waals surface area contributed by atoms with Gasteiger partial charge in [0.1, 0.15) is 0 Å². The Morgan fingerprint density at radius 3 is 2.72 bits per heavy atom. The molecule has 18 heavy (non-hydrogen) atoms. The van der Waals surface area contributed by atoms with Gasteiger partial charge in [0.2, 0.25) is 0 Å². The van der Waals surface area contributed by atoms with E-state index in [1.807, 2.05) is 43.4 Å². The van der Waals surface area contributed by atoms with E-state index in [1.165, 1.54) is 0 Å². The largest absolute Gasteiger partial charge is 0.383 e. The van der Waals surface area contributed by atoms with E-state index in [0.717, 1.165) is 16.1 Å². The molecule has 1 heterocycles. The van der Waals surface area contributed by atoms with Crippen molar-refractivity contribution in [2.75, 3.05) is 18.6 Å². The first-order chi connectivity index (χ1) is 8.52. The Morgan fingerprint density at radius 2 is 2.28 bits per heavy atom. The van der Waals surface area contributed by atoms with Gasteiger partial charge >= 0.3 is 5.91 Å². The monoisotopic (exact) mass is 377 g/mol. The second-order valence-corrected chi connectivity index (χ2v) is 5.65. The van der Waals surface area contributed by atoms with Gasteiger partial charge < -0.3 is 4.74 Å². The van der Waals surface area contributed by atoms with E-state index < -0.39 is 0 Å². The Hall–Kier alpha value is -0.580. The maximum absolute atomic E-state index is 12.2. The molecule has 1 atom stereocenters. The number of methoxy groups -OCH3 is 1. The molecule has 0 aliphatic rings. The lowest BCUT2D eigenvalue weighted by molar-refractivity contribution is -0.114. The average Bonchev–Trinajstić information content (AvgIpc) is 2.62. The van der Waals surface area contributed by atoms with Gasteiger partial charge in [0.15, 0.2) is 0 Å². The van der Waals surface area contributed by atoms with Gasteiger partial charge in [-0.25, -0.2) is 0 Å². The molecule has 0 radical (unpaired) electrons. The Kier molecular flexibility index (Phi) is 6.12. The zero-order valence-electron chi connectivity index (χ0n) is 10.9. The van der Waals surface area contributed by atoms with Crippen molar-refractivity contribution in [3.8, 4) is 9.85 Å². The lowest BCUT2D eigenvalue weighted by Gasteiger charge is -2.27. The van der Waals surface area contributed by atoms with Crippen molar-refractivity contribution in [1.82, 2.24) is 0 Å². The van der Waals surface area contributed by atoms with Crippen LogP contribution < -0.4 is 4.90 Å². The zero-order chi connectivity index (χ0) is 13.7. The molecule has 1 rings (SSSR count). The summed E-state index contributed by atoms with van der Waals surface area (Å²) in [6.45, 7) is 6.48. The molecule has 0 aliphatic carbocycles. The number of anilines is 1. The normalized spacial score (nSPS) is 11.6. The molecule has 1 aromatic rings. The van der Waals surface area contributed by atoms with Crippen LogP contribution >= 0.6 is 33.9 Å². The Bertz CT molecular complexity index is 467. The summed E-state index contributed by atoms with van der Waals surface area (Å²) in [7, 11) is 1.64. The predicted octanol–water partition coefficient (Wildman–Crippen LogP) is 3.13. The van der Waals surface area contributed by atoms with Crippen LogP contribution in [0.15, 0.2) is 5.38 Å². The van der Waals surface area contributed by atoms with Crippen LogP contribution in [0.1, 0.15) is 17.4 Å². The Morgan fingerprint density at radius 1 is 1.61 bits per heavy atom. The third-order valence-electron chi connectivity index (χ3n) is 2.58. The lowest BCUT2D eigenvalue weighted by atomic mass is 10.2. The highest BCUT2D eigenvalue weighted by molar-refractivity contribution is 14.1. The van der Waals surface area contributed by atoms with E-state index in [2.05, 4.69) is 15.2 Å². The number of thiophene rings is 1. The molecule has 0 aromatic carbocycles. The second kappa shape index (κ2) is 7.12. The molecule has 98 valence electrons. The van der Waals surface area contributed by atoms with Crippen molar-refractivity contribution >= 4 is 45.5 Å². The molecule has 0 bridgehead atoms. The highest BCUT2D eigenvalue weighted by atomic mass is 127. The summed E-state index contributed by atoms with van der Waals surface area (Å²) in [6, 6.07) is -0.0354. The van der Waals surface area contributed by atoms with E-state index in [4.69, 9.17) is 4.74 Å². The molecule has 1 amide bonds. The highest BCUT2D eigenvalue weighted by Gasteiger charge is 2.24. The van der Waals surface area contributed by atoms with E-state index in [-0.39, 0.29) is 11.9 Å². The highest BCUT2D eigenvalue weighted by Crippen LogP contribution is 2.31. The summed E-state index contributed by atoms with van der Waals surface area (Å²) in [5.41, 5.74) is 2.07. The smallest absolute Gasteiger partial charge is 0.304 e. The number of nitrogens with zero attached hydrogens (tertiary/aromatic N) is 1. The SMILES string of the molecule is COC[C@H](C)N(C(=O)C#CI)c1c(C)csc1C. The minimum atomic E-state index is -0.182. The van der Waals surface area contributed by atoms with Crippen molar-refractivity contribution < 1.29 is 9.53 Å². The van der Waals surface area contributed by atoms with Gasteiger partial charge in [-0.15, -0.1) is 11.3 Å². The van der Waals surface area contributed by atoms with Gasteiger partial charge in [-0.1, -0.05) is 0 Å². The van der Waals surface area contributed by atoms with Crippen LogP contribution in [-0.4, -0.2) is 25.7 Å². The molecule has 0 fully saturated rings. The second-order valence-electron chi connectivity index (χ2n) is 4.02. The zero-order valence-corrected chi connectivity index (χ0v) is 13.9. The van der Waals surface area contributed by atoms with E-state index in [9.17, 15) is 4.79 Å². The third-order valence-corrected chi connectivity index (χ3v) is 3.87. The molecule has 0 N–H and O–H groups in total. The van der Waals surface area contributed by atoms with Crippen LogP contribution in [-0.2, 0) is 9.53 Å². The number of ether oxygens (including phenoxy) is 1. The molecule has 0 saturated heterocycles. The molecule has 0 saturated carbocycles. The maximum atomic E-state index is 12.2. The van der Waals surface area contributed by atoms with E-state index in [0.29, 0.717) is 6.61 Å². The fraction of sp³-hybridized carbons (Fsp3) is 0.462. The standard InChI is InChI=1S/C13H16INO2S/c1-9-8-18-11(3)13(9)15(10(2)7-17-4)12(16)5-6-14/h8,10H,7H2,1-4H3/t10-/m0/s1. The molecule has 0 spiro atoms. The number of hydrogen-bond donors (Lipinski definition) is 0. The van der Waals surface area contributed by atoms with Gasteiger partial charge in [0.25, 0.3) is 0 Å². The number of amides is 1. The maximum Gasteiger partial charge on any atom is 0.304 e. The van der Waals surface area contributed by atoms with Crippen LogP contribution in [0, 0.1) is 23.7 Å². The van der Waals surface area contributed by atoms with E-state index in [1.54, 1.807) is 23.3 Å². The van der Waals surface area contributed by atoms with Crippen LogP contribution in [0.25, 0.3) is 0 Å². The first kappa shape index (κ1) is 15.5. The fourth-order valence-corrected chi connectivity index (χ4v) is 2.93. The van der Waals surface area contributed by atoms with Gasteiger partial charge in [0.05, 0.1) is 18.3 Å². The van der Waals surface area contributed by atoms with Crippen molar-refractivity contribution in [2.24, 2.45) is 0 Å². The molecular formula is C13H16INO2S. The summed E-state index contributed by atoms with van der Waals surface area (Å²) in [5, 5.41) is 2.06. The number of halogens is 1. The molecule has 5 heteroatoms. The van der Waals surface area contributed by atoms with E-state index >= 15 is 0 Å². The van der Waals surface area contributed by atoms with Gasteiger partial charge in [-0.05, 0) is 35.6 Å². The topological polar surface area (TPSA) is 29.5 Å². The summed E-state index contributed by atoms with van der Waals surface area (Å²) < 4.78 is 7.79. The average molecular weight is 377 g/mol. The van der Waals surface area contributed by atoms with Gasteiger partial charge in [0, 0.05) is 40.5 Å². The van der Waals surface area contributed by atoms with Crippen molar-refractivity contribution in [1.29, 1.82) is 0 Å². The minimum Gasteiger partial charge on any atom is -0.383 e. The number of carbonyl (C=O) groups is 1. The third kappa shape index (κ3) is 3.46. The predicted molar refractivity (Wildman–Crippen MR) is 84.4 cm³/mol. The van der Waals surface area contributed by atoms with Crippen LogP contribution in [0.5, 0.6) is 0 Å². The molecule has 3 nitrogen and oxygen atoms in total. The number of hydrogen-bond acceptors (Lipinski definition) is 3. The number of rotatable bonds is 4. The summed E-state index contributed by atoms with van der Waals surface area (Å²) in [6.07, 6.45) is 0. The molecule has 0 unspecified atom stereocenters. The summed E-state index contributed by atoms with van der Waals surface area (Å²) >= 11 is 3.52. The number of aryl methyl sites for hydroxylation is 2. The minimum absolute atomic E-state index is 0.0354. The van der Waals surface area contributed by atoms with Crippen LogP contribution in [0.4, 0.5) is 5.69 Å². The van der Waals surface area contributed by atoms with Crippen LogP contribution in [0.3, 0.4) is 0 Å². The lowest BCUT2D eigenvalue weighted by Crippen LogP contribution is -2.41. The summed E-state index contributed by atoms with van der Waals surface area (Å²) in [4.78, 5) is 15.0. The number of carbonyl (C=O) groups excluding carboxylic acids is 1. The van der Waals surface area contributed by atoms with Crippen molar-refractivity contribution in [3.63, 3.8) is 0 Å². The molecule has 0 aliphatic heterocycles. The fourth-order valence-electron chi connectivity index (χ4n) is 1.86. The molecular weight excluding hydrogens is 361 g/mol. The van der Waals surface area contributed by atoms with Crippen molar-refractivity contribution in [2.45, 2.75) is 26.8 Å². The Balaban J connectivity index is 3.19. The molecule has 1 aromatic heterocycles. The van der Waals surface area contributed by atoms with Gasteiger partial charge in [-0.2, -0.15) is 0 Å².